The fourth-order valence-corrected chi connectivity index (χ4v) is 7.18. The van der Waals surface area contributed by atoms with Crippen molar-refractivity contribution in [3.63, 3.8) is 0 Å². The second-order valence-corrected chi connectivity index (χ2v) is 11.3. The van der Waals surface area contributed by atoms with Crippen LogP contribution in [0.15, 0.2) is 158 Å². The van der Waals surface area contributed by atoms with Gasteiger partial charge in [-0.25, -0.2) is 0 Å². The fourth-order valence-electron chi connectivity index (χ4n) is 7.18. The molecular weight excluding hydrogens is 504 g/mol. The number of hydrogen-bond donors (Lipinski definition) is 0. The van der Waals surface area contributed by atoms with Crippen molar-refractivity contribution in [2.45, 2.75) is 0 Å². The van der Waals surface area contributed by atoms with E-state index in [1.165, 1.54) is 87.2 Å². The Kier molecular flexibility index (Phi) is 5.00. The molecule has 0 atom stereocenters. The maximum absolute atomic E-state index is 2.39. The highest BCUT2D eigenvalue weighted by Crippen LogP contribution is 2.45. The Bertz CT molecular complexity index is 2370. The van der Waals surface area contributed by atoms with Gasteiger partial charge in [0.25, 0.3) is 0 Å². The molecule has 0 fully saturated rings. The Labute approximate surface area is 244 Å². The molecule has 9 rings (SSSR count). The molecule has 0 saturated heterocycles. The number of rotatable bonds is 3. The van der Waals surface area contributed by atoms with Gasteiger partial charge in [0, 0.05) is 0 Å². The summed E-state index contributed by atoms with van der Waals surface area (Å²) in [6.45, 7) is 0. The average molecular weight is 531 g/mol. The lowest BCUT2D eigenvalue weighted by molar-refractivity contribution is 1.63. The normalized spacial score (nSPS) is 11.8. The minimum absolute atomic E-state index is 1.24. The van der Waals surface area contributed by atoms with E-state index < -0.39 is 0 Å². The van der Waals surface area contributed by atoms with E-state index in [4.69, 9.17) is 0 Å². The first-order valence-corrected chi connectivity index (χ1v) is 14.6. The van der Waals surface area contributed by atoms with Gasteiger partial charge in [-0.15, -0.1) is 0 Å². The molecule has 9 aromatic carbocycles. The zero-order chi connectivity index (χ0) is 27.6. The molecule has 0 aliphatic heterocycles. The molecule has 0 saturated carbocycles. The minimum Gasteiger partial charge on any atom is -0.0622 e. The Morgan fingerprint density at radius 1 is 0.262 bits per heavy atom. The van der Waals surface area contributed by atoms with Gasteiger partial charge < -0.3 is 0 Å². The monoisotopic (exact) mass is 530 g/mol. The standard InChI is InChI=1S/C42H26/c1-2-10-27(11-3-1)40-34-16-4-6-18-36(34)41(37-19-7-5-17-35(37)40)32-15-9-14-31(26-32)33-24-22-30-21-20-28-12-8-13-29-23-25-38(33)42(30)39(28)29/h1-26H. The summed E-state index contributed by atoms with van der Waals surface area (Å²) in [5, 5.41) is 13.0. The van der Waals surface area contributed by atoms with Crippen LogP contribution in [0.3, 0.4) is 0 Å². The SMILES string of the molecule is c1ccc(-c2c3ccccc3c(-c3cccc(-c4ccc5ccc6cccc7ccc4c5c67)c3)c3ccccc23)cc1. The molecule has 42 heavy (non-hydrogen) atoms. The third-order valence-electron chi connectivity index (χ3n) is 8.98. The van der Waals surface area contributed by atoms with Crippen LogP contribution in [-0.4, -0.2) is 0 Å². The predicted octanol–water partition coefficient (Wildman–Crippen LogP) is 11.9. The first-order chi connectivity index (χ1) is 20.8. The molecule has 0 spiro atoms. The molecule has 0 aliphatic rings. The quantitative estimate of drug-likeness (QED) is 0.157. The molecular formula is C42H26. The highest BCUT2D eigenvalue weighted by molar-refractivity contribution is 6.26. The van der Waals surface area contributed by atoms with Gasteiger partial charge in [0.05, 0.1) is 0 Å². The highest BCUT2D eigenvalue weighted by atomic mass is 14.2. The van der Waals surface area contributed by atoms with Crippen LogP contribution >= 0.6 is 0 Å². The second kappa shape index (κ2) is 9.03. The van der Waals surface area contributed by atoms with Crippen molar-refractivity contribution < 1.29 is 0 Å². The van der Waals surface area contributed by atoms with Gasteiger partial charge in [-0.1, -0.05) is 152 Å². The molecule has 0 aromatic heterocycles. The molecule has 9 aromatic rings. The first kappa shape index (κ1) is 23.3. The van der Waals surface area contributed by atoms with Crippen molar-refractivity contribution in [1.29, 1.82) is 0 Å². The molecule has 0 unspecified atom stereocenters. The van der Waals surface area contributed by atoms with E-state index in [-0.39, 0.29) is 0 Å². The molecule has 0 nitrogen and oxygen atoms in total. The van der Waals surface area contributed by atoms with Crippen LogP contribution in [-0.2, 0) is 0 Å². The van der Waals surface area contributed by atoms with Crippen molar-refractivity contribution in [1.82, 2.24) is 0 Å². The third kappa shape index (κ3) is 3.36. The Morgan fingerprint density at radius 3 is 1.40 bits per heavy atom. The molecule has 0 aliphatic carbocycles. The van der Waals surface area contributed by atoms with E-state index in [2.05, 4.69) is 158 Å². The smallest absolute Gasteiger partial charge is 0.00206 e. The second-order valence-electron chi connectivity index (χ2n) is 11.3. The van der Waals surface area contributed by atoms with Crippen LogP contribution < -0.4 is 0 Å². The topological polar surface area (TPSA) is 0 Å². The maximum Gasteiger partial charge on any atom is -0.00206 e. The first-order valence-electron chi connectivity index (χ1n) is 14.6. The molecule has 0 N–H and O–H groups in total. The maximum atomic E-state index is 2.39. The Hall–Kier alpha value is -5.46. The van der Waals surface area contributed by atoms with E-state index in [1.807, 2.05) is 0 Å². The average Bonchev–Trinajstić information content (AvgIpc) is 3.06. The van der Waals surface area contributed by atoms with Crippen LogP contribution in [0, 0.1) is 0 Å². The molecule has 194 valence electrons. The Balaban J connectivity index is 1.33. The number of hydrogen-bond acceptors (Lipinski definition) is 0. The van der Waals surface area contributed by atoms with E-state index in [1.54, 1.807) is 0 Å². The summed E-state index contributed by atoms with van der Waals surface area (Å²) in [4.78, 5) is 0. The van der Waals surface area contributed by atoms with Crippen LogP contribution in [0.2, 0.25) is 0 Å². The molecule has 0 bridgehead atoms. The van der Waals surface area contributed by atoms with Gasteiger partial charge in [-0.2, -0.15) is 0 Å². The van der Waals surface area contributed by atoms with Gasteiger partial charge in [-0.05, 0) is 93.3 Å². The van der Waals surface area contributed by atoms with Gasteiger partial charge in [0.1, 0.15) is 0 Å². The predicted molar refractivity (Wildman–Crippen MR) is 181 cm³/mol. The van der Waals surface area contributed by atoms with Crippen molar-refractivity contribution in [2.24, 2.45) is 0 Å². The van der Waals surface area contributed by atoms with Crippen molar-refractivity contribution in [2.75, 3.05) is 0 Å². The summed E-state index contributed by atoms with van der Waals surface area (Å²) in [5.74, 6) is 0. The van der Waals surface area contributed by atoms with Crippen molar-refractivity contribution >= 4 is 53.9 Å². The lowest BCUT2D eigenvalue weighted by Gasteiger charge is -2.18. The summed E-state index contributed by atoms with van der Waals surface area (Å²) >= 11 is 0. The van der Waals surface area contributed by atoms with Gasteiger partial charge in [0.2, 0.25) is 0 Å². The Morgan fingerprint density at radius 2 is 0.738 bits per heavy atom. The van der Waals surface area contributed by atoms with Crippen LogP contribution in [0.5, 0.6) is 0 Å². The molecule has 0 heterocycles. The fraction of sp³-hybridized carbons (Fsp3) is 0. The zero-order valence-electron chi connectivity index (χ0n) is 23.0. The molecule has 0 radical (unpaired) electrons. The lowest BCUT2D eigenvalue weighted by Crippen LogP contribution is -1.91. The summed E-state index contributed by atoms with van der Waals surface area (Å²) in [6, 6.07) is 58.0. The largest absolute Gasteiger partial charge is 0.0622 e. The number of fused-ring (bicyclic) bond motifs is 2. The summed E-state index contributed by atoms with van der Waals surface area (Å²) in [5.41, 5.74) is 7.60. The zero-order valence-corrected chi connectivity index (χ0v) is 23.0. The van der Waals surface area contributed by atoms with Crippen LogP contribution in [0.1, 0.15) is 0 Å². The van der Waals surface area contributed by atoms with Gasteiger partial charge in [-0.3, -0.25) is 0 Å². The van der Waals surface area contributed by atoms with E-state index >= 15 is 0 Å². The summed E-state index contributed by atoms with van der Waals surface area (Å²) in [6.07, 6.45) is 0. The number of benzene rings is 9. The van der Waals surface area contributed by atoms with Crippen molar-refractivity contribution in [3.8, 4) is 33.4 Å². The van der Waals surface area contributed by atoms with Crippen LogP contribution in [0.25, 0.3) is 87.2 Å². The molecule has 0 heteroatoms. The van der Waals surface area contributed by atoms with Gasteiger partial charge >= 0.3 is 0 Å². The van der Waals surface area contributed by atoms with Gasteiger partial charge in [0.15, 0.2) is 0 Å². The van der Waals surface area contributed by atoms with E-state index in [0.717, 1.165) is 0 Å². The van der Waals surface area contributed by atoms with E-state index in [0.29, 0.717) is 0 Å². The lowest BCUT2D eigenvalue weighted by atomic mass is 9.85. The van der Waals surface area contributed by atoms with E-state index in [9.17, 15) is 0 Å². The minimum atomic E-state index is 1.24. The van der Waals surface area contributed by atoms with Crippen molar-refractivity contribution in [3.05, 3.63) is 158 Å². The molecule has 0 amide bonds. The highest BCUT2D eigenvalue weighted by Gasteiger charge is 2.17. The van der Waals surface area contributed by atoms with Crippen LogP contribution in [0.4, 0.5) is 0 Å². The summed E-state index contributed by atoms with van der Waals surface area (Å²) in [7, 11) is 0. The summed E-state index contributed by atoms with van der Waals surface area (Å²) < 4.78 is 0. The third-order valence-corrected chi connectivity index (χ3v) is 8.98.